The molecule has 2 N–H and O–H groups in total. The number of nitrogens with two attached hydrogens (primary N) is 1. The highest BCUT2D eigenvalue weighted by Gasteiger charge is 2.23. The molecule has 0 aromatic heterocycles. The highest BCUT2D eigenvalue weighted by atomic mass is 16.6. The summed E-state index contributed by atoms with van der Waals surface area (Å²) >= 11 is 0. The molecule has 1 rings (SSSR count). The number of benzene rings is 1. The molecule has 1 aromatic rings. The maximum Gasteiger partial charge on any atom is 0.323 e. The van der Waals surface area contributed by atoms with Gasteiger partial charge in [-0.15, -0.1) is 0 Å². The van der Waals surface area contributed by atoms with Crippen LogP contribution in [0.4, 0.5) is 0 Å². The van der Waals surface area contributed by atoms with Gasteiger partial charge in [-0.25, -0.2) is 0 Å². The molecule has 33 heavy (non-hydrogen) atoms. The molecule has 0 aliphatic heterocycles. The zero-order chi connectivity index (χ0) is 25.1. The zero-order valence-corrected chi connectivity index (χ0v) is 20.2. The molecule has 1 aromatic carbocycles. The first kappa shape index (κ1) is 28.1. The summed E-state index contributed by atoms with van der Waals surface area (Å²) in [6.07, 6.45) is 0.628. The second kappa shape index (κ2) is 13.6. The Morgan fingerprint density at radius 2 is 1.42 bits per heavy atom. The van der Waals surface area contributed by atoms with Crippen molar-refractivity contribution in [3.8, 4) is 11.5 Å². The third kappa shape index (κ3) is 9.61. The van der Waals surface area contributed by atoms with Crippen LogP contribution in [-0.2, 0) is 35.1 Å². The van der Waals surface area contributed by atoms with Crippen molar-refractivity contribution in [2.24, 2.45) is 17.6 Å². The Hall–Kier alpha value is -2.94. The first-order chi connectivity index (χ1) is 15.5. The van der Waals surface area contributed by atoms with Crippen LogP contribution in [0.3, 0.4) is 0 Å². The van der Waals surface area contributed by atoms with Crippen LogP contribution in [0.5, 0.6) is 11.5 Å². The number of hydrogen-bond donors (Lipinski definition) is 1. The van der Waals surface area contributed by atoms with Crippen LogP contribution in [0.25, 0.3) is 0 Å². The summed E-state index contributed by atoms with van der Waals surface area (Å²) in [4.78, 5) is 47.7. The van der Waals surface area contributed by atoms with Crippen molar-refractivity contribution in [1.82, 2.24) is 0 Å². The van der Waals surface area contributed by atoms with E-state index in [0.717, 1.165) is 0 Å². The predicted octanol–water partition coefficient (Wildman–Crippen LogP) is 2.95. The van der Waals surface area contributed by atoms with E-state index in [2.05, 4.69) is 0 Å². The van der Waals surface area contributed by atoms with Gasteiger partial charge >= 0.3 is 23.9 Å². The smallest absolute Gasteiger partial charge is 0.323 e. The van der Waals surface area contributed by atoms with Gasteiger partial charge in [0.1, 0.15) is 18.8 Å². The lowest BCUT2D eigenvalue weighted by molar-refractivity contribution is -0.157. The van der Waals surface area contributed by atoms with Crippen molar-refractivity contribution >= 4 is 23.9 Å². The van der Waals surface area contributed by atoms with E-state index in [1.165, 1.54) is 19.1 Å². The Kier molecular flexibility index (Phi) is 11.6. The van der Waals surface area contributed by atoms with E-state index in [1.807, 2.05) is 13.8 Å². The first-order valence-corrected chi connectivity index (χ1v) is 11.1. The standard InChI is InChI=1S/C24H35NO8/c1-7-14(3)22(27)32-20-10-9-18(12-21(20)33-23(28)15(4)8-2)11-19(25)24(29)31-16(5)13-30-17(6)26/h9-10,12,14-16,19H,7-8,11,13,25H2,1-6H3/t14?,15?,16-,19-/m0/s1. The third-order valence-electron chi connectivity index (χ3n) is 5.06. The summed E-state index contributed by atoms with van der Waals surface area (Å²) < 4.78 is 20.9. The normalized spacial score (nSPS) is 14.4. The van der Waals surface area contributed by atoms with Gasteiger partial charge in [-0.3, -0.25) is 19.2 Å². The molecule has 9 nitrogen and oxygen atoms in total. The third-order valence-corrected chi connectivity index (χ3v) is 5.06. The average Bonchev–Trinajstić information content (AvgIpc) is 2.77. The molecule has 0 saturated heterocycles. The second-order valence-electron chi connectivity index (χ2n) is 8.10. The zero-order valence-electron chi connectivity index (χ0n) is 20.2. The van der Waals surface area contributed by atoms with E-state index in [-0.39, 0.29) is 36.4 Å². The van der Waals surface area contributed by atoms with Gasteiger partial charge in [-0.05, 0) is 43.9 Å². The minimum Gasteiger partial charge on any atom is -0.462 e. The average molecular weight is 466 g/mol. The van der Waals surface area contributed by atoms with Gasteiger partial charge < -0.3 is 24.7 Å². The van der Waals surface area contributed by atoms with Gasteiger partial charge in [0.15, 0.2) is 11.5 Å². The van der Waals surface area contributed by atoms with E-state index in [1.54, 1.807) is 26.8 Å². The van der Waals surface area contributed by atoms with E-state index in [4.69, 9.17) is 24.7 Å². The molecule has 0 aliphatic carbocycles. The minimum absolute atomic E-state index is 0.0697. The van der Waals surface area contributed by atoms with Gasteiger partial charge in [0, 0.05) is 6.92 Å². The van der Waals surface area contributed by atoms with Crippen LogP contribution in [-0.4, -0.2) is 42.6 Å². The summed E-state index contributed by atoms with van der Waals surface area (Å²) in [5, 5.41) is 0. The topological polar surface area (TPSA) is 131 Å². The molecule has 184 valence electrons. The molecule has 0 bridgehead atoms. The molecule has 2 unspecified atom stereocenters. The Morgan fingerprint density at radius 1 is 0.879 bits per heavy atom. The fraction of sp³-hybridized carbons (Fsp3) is 0.583. The molecule has 0 spiro atoms. The quantitative estimate of drug-likeness (QED) is 0.365. The van der Waals surface area contributed by atoms with Crippen molar-refractivity contribution in [3.63, 3.8) is 0 Å². The molecule has 0 amide bonds. The number of hydrogen-bond acceptors (Lipinski definition) is 9. The van der Waals surface area contributed by atoms with Crippen LogP contribution in [0.15, 0.2) is 18.2 Å². The molecule has 0 aliphatic rings. The maximum absolute atomic E-state index is 12.3. The van der Waals surface area contributed by atoms with Crippen LogP contribution in [0, 0.1) is 11.8 Å². The van der Waals surface area contributed by atoms with Crippen molar-refractivity contribution in [3.05, 3.63) is 23.8 Å². The summed E-state index contributed by atoms with van der Waals surface area (Å²) in [7, 11) is 0. The van der Waals surface area contributed by atoms with E-state index < -0.39 is 36.0 Å². The summed E-state index contributed by atoms with van der Waals surface area (Å²) in [5.41, 5.74) is 6.56. The molecule has 4 atom stereocenters. The van der Waals surface area contributed by atoms with Crippen LogP contribution in [0.1, 0.15) is 59.9 Å². The Labute approximate surface area is 194 Å². The largest absolute Gasteiger partial charge is 0.462 e. The SMILES string of the molecule is CCC(C)C(=O)Oc1ccc(C[C@H](N)C(=O)O[C@@H](C)COC(C)=O)cc1OC(=O)C(C)CC. The molecule has 0 heterocycles. The maximum atomic E-state index is 12.3. The molecule has 0 saturated carbocycles. The highest BCUT2D eigenvalue weighted by molar-refractivity contribution is 5.79. The van der Waals surface area contributed by atoms with Crippen LogP contribution >= 0.6 is 0 Å². The van der Waals surface area contributed by atoms with Gasteiger partial charge in [0.25, 0.3) is 0 Å². The van der Waals surface area contributed by atoms with Gasteiger partial charge in [0.2, 0.25) is 0 Å². The van der Waals surface area contributed by atoms with E-state index >= 15 is 0 Å². The summed E-state index contributed by atoms with van der Waals surface area (Å²) in [5.74, 6) is -2.50. The Balaban J connectivity index is 2.99. The number of rotatable bonds is 12. The number of ether oxygens (including phenoxy) is 4. The van der Waals surface area contributed by atoms with Crippen LogP contribution < -0.4 is 15.2 Å². The van der Waals surface area contributed by atoms with Gasteiger partial charge in [-0.1, -0.05) is 33.8 Å². The Morgan fingerprint density at radius 3 is 1.94 bits per heavy atom. The highest BCUT2D eigenvalue weighted by Crippen LogP contribution is 2.31. The fourth-order valence-electron chi connectivity index (χ4n) is 2.49. The molecular weight excluding hydrogens is 430 g/mol. The number of carbonyl (C=O) groups excluding carboxylic acids is 4. The molecular formula is C24H35NO8. The first-order valence-electron chi connectivity index (χ1n) is 11.1. The number of esters is 4. The molecule has 0 fully saturated rings. The lowest BCUT2D eigenvalue weighted by Crippen LogP contribution is -2.37. The summed E-state index contributed by atoms with van der Waals surface area (Å²) in [6, 6.07) is 3.66. The van der Waals surface area contributed by atoms with Crippen LogP contribution in [0.2, 0.25) is 0 Å². The van der Waals surface area contributed by atoms with E-state index in [9.17, 15) is 19.2 Å². The van der Waals surface area contributed by atoms with Gasteiger partial charge in [-0.2, -0.15) is 0 Å². The monoisotopic (exact) mass is 465 g/mol. The fourth-order valence-corrected chi connectivity index (χ4v) is 2.49. The molecule has 9 heteroatoms. The predicted molar refractivity (Wildman–Crippen MR) is 120 cm³/mol. The number of carbonyl (C=O) groups is 4. The summed E-state index contributed by atoms with van der Waals surface area (Å²) in [6.45, 7) is 9.98. The second-order valence-corrected chi connectivity index (χ2v) is 8.10. The van der Waals surface area contributed by atoms with Crippen molar-refractivity contribution < 1.29 is 38.1 Å². The molecule has 0 radical (unpaired) electrons. The van der Waals surface area contributed by atoms with E-state index in [0.29, 0.717) is 18.4 Å². The Bertz CT molecular complexity index is 838. The lowest BCUT2D eigenvalue weighted by atomic mass is 10.1. The minimum atomic E-state index is -1.00. The van der Waals surface area contributed by atoms with Crippen molar-refractivity contribution in [2.45, 2.75) is 73.0 Å². The van der Waals surface area contributed by atoms with Crippen molar-refractivity contribution in [1.29, 1.82) is 0 Å². The van der Waals surface area contributed by atoms with Gasteiger partial charge in [0.05, 0.1) is 11.8 Å². The van der Waals surface area contributed by atoms with Crippen molar-refractivity contribution in [2.75, 3.05) is 6.61 Å². The lowest BCUT2D eigenvalue weighted by Gasteiger charge is -2.18.